The molecule has 3 rings (SSSR count). The minimum Gasteiger partial charge on any atom is -0.370 e. The lowest BCUT2D eigenvalue weighted by Crippen LogP contribution is -2.32. The van der Waals surface area contributed by atoms with Gasteiger partial charge >= 0.3 is 0 Å². The second-order valence-electron chi connectivity index (χ2n) is 6.82. The van der Waals surface area contributed by atoms with Crippen molar-refractivity contribution in [3.63, 3.8) is 0 Å². The number of hydrogen-bond donors (Lipinski definition) is 2. The van der Waals surface area contributed by atoms with E-state index in [1.165, 1.54) is 51.4 Å². The van der Waals surface area contributed by atoms with E-state index >= 15 is 0 Å². The van der Waals surface area contributed by atoms with Crippen molar-refractivity contribution in [2.75, 3.05) is 13.1 Å². The fraction of sp³-hybridized carbons (Fsp3) is 0.938. The van der Waals surface area contributed by atoms with Crippen LogP contribution in [0.4, 0.5) is 0 Å². The molecule has 3 fully saturated rings. The molecule has 0 aromatic rings. The van der Waals surface area contributed by atoms with Gasteiger partial charge in [-0.2, -0.15) is 0 Å². The third-order valence-electron chi connectivity index (χ3n) is 4.93. The molecule has 20 heavy (non-hydrogen) atoms. The molecule has 0 aromatic carbocycles. The Kier molecular flexibility index (Phi) is 4.61. The van der Waals surface area contributed by atoms with Crippen molar-refractivity contribution >= 4 is 5.91 Å². The molecule has 1 unspecified atom stereocenters. The molecule has 1 aliphatic heterocycles. The first-order chi connectivity index (χ1) is 9.76. The SMILES string of the molecule is O=C(CCCNCC1CCC2(CCCC2)O1)NC1CC1. The third kappa shape index (κ3) is 3.95. The topological polar surface area (TPSA) is 50.4 Å². The molecule has 0 bridgehead atoms. The number of nitrogens with one attached hydrogen (secondary N) is 2. The Morgan fingerprint density at radius 3 is 2.70 bits per heavy atom. The van der Waals surface area contributed by atoms with E-state index in [1.807, 2.05) is 0 Å². The highest BCUT2D eigenvalue weighted by molar-refractivity contribution is 5.76. The van der Waals surface area contributed by atoms with Crippen molar-refractivity contribution in [3.05, 3.63) is 0 Å². The number of carbonyl (C=O) groups excluding carboxylic acids is 1. The second-order valence-corrected chi connectivity index (χ2v) is 6.82. The van der Waals surface area contributed by atoms with Crippen molar-refractivity contribution in [2.24, 2.45) is 0 Å². The number of rotatable bonds is 7. The molecule has 114 valence electrons. The number of carbonyl (C=O) groups is 1. The Bertz CT molecular complexity index is 335. The number of ether oxygens (including phenoxy) is 1. The maximum absolute atomic E-state index is 11.5. The van der Waals surface area contributed by atoms with Crippen LogP contribution in [-0.4, -0.2) is 36.7 Å². The van der Waals surface area contributed by atoms with Gasteiger partial charge < -0.3 is 15.4 Å². The summed E-state index contributed by atoms with van der Waals surface area (Å²) in [6.07, 6.45) is 12.0. The lowest BCUT2D eigenvalue weighted by molar-refractivity contribution is -0.121. The van der Waals surface area contributed by atoms with E-state index in [4.69, 9.17) is 4.74 Å². The van der Waals surface area contributed by atoms with Crippen molar-refractivity contribution in [3.8, 4) is 0 Å². The molecule has 1 heterocycles. The maximum atomic E-state index is 11.5. The Balaban J connectivity index is 1.22. The van der Waals surface area contributed by atoms with Gasteiger partial charge in [0.2, 0.25) is 5.91 Å². The van der Waals surface area contributed by atoms with Crippen LogP contribution in [0.2, 0.25) is 0 Å². The lowest BCUT2D eigenvalue weighted by Gasteiger charge is -2.23. The zero-order chi connectivity index (χ0) is 13.8. The van der Waals surface area contributed by atoms with Gasteiger partial charge in [-0.3, -0.25) is 4.79 Å². The van der Waals surface area contributed by atoms with Crippen LogP contribution in [0.3, 0.4) is 0 Å². The summed E-state index contributed by atoms with van der Waals surface area (Å²) in [5.74, 6) is 0.219. The fourth-order valence-corrected chi connectivity index (χ4v) is 3.59. The summed E-state index contributed by atoms with van der Waals surface area (Å²) in [7, 11) is 0. The quantitative estimate of drug-likeness (QED) is 0.702. The average molecular weight is 280 g/mol. The van der Waals surface area contributed by atoms with E-state index < -0.39 is 0 Å². The van der Waals surface area contributed by atoms with Gasteiger partial charge in [0.25, 0.3) is 0 Å². The fourth-order valence-electron chi connectivity index (χ4n) is 3.59. The highest BCUT2D eigenvalue weighted by Gasteiger charge is 2.41. The van der Waals surface area contributed by atoms with Crippen molar-refractivity contribution in [1.29, 1.82) is 0 Å². The second kappa shape index (κ2) is 6.44. The minimum atomic E-state index is 0.219. The standard InChI is InChI=1S/C16H28N2O2/c19-15(18-13-5-6-13)4-3-11-17-12-14-7-10-16(20-14)8-1-2-9-16/h13-14,17H,1-12H2,(H,18,19). The molecule has 0 radical (unpaired) electrons. The van der Waals surface area contributed by atoms with Gasteiger partial charge in [0.05, 0.1) is 11.7 Å². The van der Waals surface area contributed by atoms with Crippen molar-refractivity contribution in [1.82, 2.24) is 10.6 Å². The van der Waals surface area contributed by atoms with Crippen LogP contribution in [0.15, 0.2) is 0 Å². The molecule has 0 aromatic heterocycles. The molecule has 2 saturated carbocycles. The van der Waals surface area contributed by atoms with E-state index in [0.29, 0.717) is 18.6 Å². The van der Waals surface area contributed by atoms with E-state index in [2.05, 4.69) is 10.6 Å². The molecular weight excluding hydrogens is 252 g/mol. The first-order valence-corrected chi connectivity index (χ1v) is 8.44. The van der Waals surface area contributed by atoms with Crippen LogP contribution >= 0.6 is 0 Å². The Morgan fingerprint density at radius 1 is 1.15 bits per heavy atom. The predicted octanol–water partition coefficient (Wildman–Crippen LogP) is 2.13. The molecule has 1 spiro atoms. The van der Waals surface area contributed by atoms with E-state index in [9.17, 15) is 4.79 Å². The summed E-state index contributed by atoms with van der Waals surface area (Å²) in [6.45, 7) is 1.87. The molecule has 4 nitrogen and oxygen atoms in total. The molecule has 3 aliphatic rings. The van der Waals surface area contributed by atoms with Gasteiger partial charge in [-0.25, -0.2) is 0 Å². The van der Waals surface area contributed by atoms with Crippen molar-refractivity contribution < 1.29 is 9.53 Å². The summed E-state index contributed by atoms with van der Waals surface area (Å²) in [4.78, 5) is 11.5. The maximum Gasteiger partial charge on any atom is 0.220 e. The Labute approximate surface area is 122 Å². The smallest absolute Gasteiger partial charge is 0.220 e. The lowest BCUT2D eigenvalue weighted by atomic mass is 9.98. The van der Waals surface area contributed by atoms with Gasteiger partial charge in [-0.05, 0) is 51.5 Å². The molecule has 1 atom stereocenters. The average Bonchev–Trinajstić information content (AvgIpc) is 2.99. The highest BCUT2D eigenvalue weighted by Crippen LogP contribution is 2.43. The summed E-state index contributed by atoms with van der Waals surface area (Å²) in [5, 5.41) is 6.48. The van der Waals surface area contributed by atoms with Crippen LogP contribution in [0.1, 0.15) is 64.2 Å². The summed E-state index contributed by atoms with van der Waals surface area (Å²) < 4.78 is 6.26. The number of hydrogen-bond acceptors (Lipinski definition) is 3. The molecule has 2 aliphatic carbocycles. The van der Waals surface area contributed by atoms with E-state index in [1.54, 1.807) is 0 Å². The number of amides is 1. The summed E-state index contributed by atoms with van der Waals surface area (Å²) in [5.41, 5.74) is 0.247. The highest BCUT2D eigenvalue weighted by atomic mass is 16.5. The molecular formula is C16H28N2O2. The minimum absolute atomic E-state index is 0.219. The van der Waals surface area contributed by atoms with Gasteiger partial charge in [-0.15, -0.1) is 0 Å². The molecule has 4 heteroatoms. The molecule has 2 N–H and O–H groups in total. The van der Waals surface area contributed by atoms with Gasteiger partial charge in [0.1, 0.15) is 0 Å². The molecule has 1 amide bonds. The Hall–Kier alpha value is -0.610. The van der Waals surface area contributed by atoms with Gasteiger partial charge in [-0.1, -0.05) is 12.8 Å². The summed E-state index contributed by atoms with van der Waals surface area (Å²) >= 11 is 0. The third-order valence-corrected chi connectivity index (χ3v) is 4.93. The normalized spacial score (nSPS) is 28.1. The Morgan fingerprint density at radius 2 is 1.95 bits per heavy atom. The predicted molar refractivity (Wildman–Crippen MR) is 78.6 cm³/mol. The summed E-state index contributed by atoms with van der Waals surface area (Å²) in [6, 6.07) is 0.491. The van der Waals surface area contributed by atoms with E-state index in [0.717, 1.165) is 19.5 Å². The first kappa shape index (κ1) is 14.3. The van der Waals surface area contributed by atoms with Crippen LogP contribution in [0, 0.1) is 0 Å². The zero-order valence-electron chi connectivity index (χ0n) is 12.5. The monoisotopic (exact) mass is 280 g/mol. The van der Waals surface area contributed by atoms with Crippen LogP contribution in [-0.2, 0) is 9.53 Å². The molecule has 1 saturated heterocycles. The van der Waals surface area contributed by atoms with Crippen molar-refractivity contribution in [2.45, 2.75) is 82.0 Å². The zero-order valence-corrected chi connectivity index (χ0v) is 12.5. The van der Waals surface area contributed by atoms with Crippen LogP contribution in [0.25, 0.3) is 0 Å². The van der Waals surface area contributed by atoms with Gasteiger partial charge in [0.15, 0.2) is 0 Å². The van der Waals surface area contributed by atoms with Gasteiger partial charge in [0, 0.05) is 19.0 Å². The van der Waals surface area contributed by atoms with Crippen LogP contribution in [0.5, 0.6) is 0 Å². The van der Waals surface area contributed by atoms with E-state index in [-0.39, 0.29) is 11.5 Å². The largest absolute Gasteiger partial charge is 0.370 e. The first-order valence-electron chi connectivity index (χ1n) is 8.44. The van der Waals surface area contributed by atoms with Crippen LogP contribution < -0.4 is 10.6 Å².